The predicted octanol–water partition coefficient (Wildman–Crippen LogP) is 29.9. The van der Waals surface area contributed by atoms with Crippen molar-refractivity contribution in [3.05, 3.63) is 394 Å². The molecule has 0 amide bonds. The van der Waals surface area contributed by atoms with Crippen molar-refractivity contribution in [2.24, 2.45) is 35.5 Å². The summed E-state index contributed by atoms with van der Waals surface area (Å²) < 4.78 is 0. The SMILES string of the molecule is c1ccc(-c2cccc(-c3ccccc3)c2N(c2ccccc2)c2cc(C3C4CC5CC(C4)CC3C5)cc(N(c3ccccc3)c3cccc(N(c4cc(N(c5ccccc5)c5c(-c6ccccc6)cccc5-c5ccccc5)cc(N5C6CC7CC(C6)CC5C7)c4)c4c(-c5ccccc5)cccc4-c4ccccc4)c3)c2)cc1. The molecule has 0 N–H and O–H groups in total. The van der Waals surface area contributed by atoms with Gasteiger partial charge < -0.3 is 24.5 Å². The van der Waals surface area contributed by atoms with E-state index in [9.17, 15) is 0 Å². The van der Waals surface area contributed by atoms with Crippen molar-refractivity contribution in [3.63, 3.8) is 0 Å². The monoisotopic (exact) mass is 1470 g/mol. The summed E-state index contributed by atoms with van der Waals surface area (Å²) in [5, 5.41) is 0. The van der Waals surface area contributed by atoms with Crippen molar-refractivity contribution in [3.8, 4) is 66.8 Å². The van der Waals surface area contributed by atoms with Crippen molar-refractivity contribution >= 4 is 73.9 Å². The van der Waals surface area contributed by atoms with Crippen molar-refractivity contribution < 1.29 is 0 Å². The number of nitrogens with zero attached hydrogens (tertiary/aromatic N) is 5. The van der Waals surface area contributed by atoms with E-state index in [1.165, 1.54) is 97.7 Å². The van der Waals surface area contributed by atoms with Gasteiger partial charge in [0, 0.05) is 91.0 Å². The molecular weight excluding hydrogens is 1380 g/mol. The predicted molar refractivity (Wildman–Crippen MR) is 478 cm³/mol. The second kappa shape index (κ2) is 30.1. The van der Waals surface area contributed by atoms with Gasteiger partial charge in [-0.25, -0.2) is 0 Å². The van der Waals surface area contributed by atoms with Crippen LogP contribution in [0.5, 0.6) is 0 Å². The van der Waals surface area contributed by atoms with Gasteiger partial charge in [0.15, 0.2) is 0 Å². The number of anilines is 13. The lowest BCUT2D eigenvalue weighted by Crippen LogP contribution is -2.58. The van der Waals surface area contributed by atoms with Gasteiger partial charge in [-0.15, -0.1) is 0 Å². The number of hydrogen-bond donors (Lipinski definition) is 0. The average molecular weight is 1470 g/mol. The first-order valence-electron chi connectivity index (χ1n) is 41.8. The smallest absolute Gasteiger partial charge is 0.0618 e. The standard InChI is InChI=1S/C109H93N5/c1-10-32-79(33-11-1)100-52-29-53-101(80-34-12-2-13-35-80)107(100)112(89-46-24-8-25-47-89)96-69-87(106-85-60-75-58-76(62-85)63-86(106)61-75)68-95(71-96)110(88-44-22-7-23-45-88)91-50-28-51-92(70-91)114(109-104(83-40-18-5-19-41-83)56-31-57-105(109)84-42-20-6-21-43-84)99-73-97(111-93-64-77-59-78(66-93)67-94(111)65-77)72-98(74-99)113(90-48-26-9-27-49-90)108-102(81-36-14-3-15-37-81)54-30-55-103(108)82-38-16-4-17-39-82/h1-57,68-78,85-86,93-94,106H,58-67H2. The van der Waals surface area contributed by atoms with E-state index in [1.54, 1.807) is 0 Å². The van der Waals surface area contributed by atoms with Crippen molar-refractivity contribution in [1.82, 2.24) is 0 Å². The van der Waals surface area contributed by atoms with Crippen LogP contribution in [0.15, 0.2) is 388 Å². The molecule has 15 aromatic rings. The van der Waals surface area contributed by atoms with Crippen molar-refractivity contribution in [2.75, 3.05) is 24.5 Å². The van der Waals surface area contributed by atoms with Crippen molar-refractivity contribution in [1.29, 1.82) is 0 Å². The lowest BCUT2D eigenvalue weighted by molar-refractivity contribution is -0.00274. The first-order chi connectivity index (χ1) is 56.5. The lowest BCUT2D eigenvalue weighted by Gasteiger charge is -2.57. The second-order valence-corrected chi connectivity index (χ2v) is 33.2. The normalized spacial score (nSPS) is 20.2. The van der Waals surface area contributed by atoms with Crippen LogP contribution >= 0.6 is 0 Å². The number of para-hydroxylation sites is 6. The Morgan fingerprint density at radius 3 is 0.754 bits per heavy atom. The fourth-order valence-corrected chi connectivity index (χ4v) is 22.1. The zero-order valence-corrected chi connectivity index (χ0v) is 64.5. The molecule has 5 nitrogen and oxygen atoms in total. The van der Waals surface area contributed by atoms with Gasteiger partial charge >= 0.3 is 0 Å². The van der Waals surface area contributed by atoms with E-state index >= 15 is 0 Å². The summed E-state index contributed by atoms with van der Waals surface area (Å²) in [7, 11) is 0. The quantitative estimate of drug-likeness (QED) is 0.0754. The molecule has 15 aromatic carbocycles. The molecule has 8 aliphatic rings. The molecule has 0 radical (unpaired) electrons. The molecule has 0 spiro atoms. The van der Waals surface area contributed by atoms with Gasteiger partial charge in [-0.2, -0.15) is 0 Å². The molecule has 2 aliphatic heterocycles. The Morgan fingerprint density at radius 1 is 0.193 bits per heavy atom. The van der Waals surface area contributed by atoms with E-state index in [-0.39, 0.29) is 0 Å². The summed E-state index contributed by atoms with van der Waals surface area (Å²) in [6.45, 7) is 0. The van der Waals surface area contributed by atoms with E-state index in [0.29, 0.717) is 29.8 Å². The summed E-state index contributed by atoms with van der Waals surface area (Å²) in [5.41, 5.74) is 29.9. The molecule has 23 rings (SSSR count). The fourth-order valence-electron chi connectivity index (χ4n) is 22.1. The van der Waals surface area contributed by atoms with Gasteiger partial charge in [0.05, 0.1) is 28.4 Å². The van der Waals surface area contributed by atoms with Crippen LogP contribution in [0.25, 0.3) is 66.8 Å². The molecule has 0 atom stereocenters. The molecule has 6 saturated carbocycles. The Balaban J connectivity index is 0.838. The lowest BCUT2D eigenvalue weighted by atomic mass is 9.50. The number of piperidine rings is 2. The van der Waals surface area contributed by atoms with E-state index in [2.05, 4.69) is 413 Å². The van der Waals surface area contributed by atoms with E-state index < -0.39 is 0 Å². The highest BCUT2D eigenvalue weighted by molar-refractivity contribution is 6.03. The summed E-state index contributed by atoms with van der Waals surface area (Å²) in [6, 6.07) is 147. The van der Waals surface area contributed by atoms with E-state index in [0.717, 1.165) is 136 Å². The van der Waals surface area contributed by atoms with Crippen LogP contribution in [-0.4, -0.2) is 12.1 Å². The highest BCUT2D eigenvalue weighted by atomic mass is 15.2. The van der Waals surface area contributed by atoms with Crippen molar-refractivity contribution in [2.45, 2.75) is 82.2 Å². The first-order valence-corrected chi connectivity index (χ1v) is 41.8. The van der Waals surface area contributed by atoms with Crippen LogP contribution < -0.4 is 24.5 Å². The maximum atomic E-state index is 2.92. The molecule has 0 aromatic heterocycles. The zero-order chi connectivity index (χ0) is 75.4. The molecule has 554 valence electrons. The van der Waals surface area contributed by atoms with E-state index in [1.807, 2.05) is 0 Å². The number of rotatable bonds is 20. The molecule has 0 unspecified atom stereocenters. The minimum atomic E-state index is 0.419. The number of benzene rings is 15. The Hall–Kier alpha value is -12.7. The third kappa shape index (κ3) is 13.0. The van der Waals surface area contributed by atoms with Gasteiger partial charge in [0.1, 0.15) is 0 Å². The summed E-state index contributed by atoms with van der Waals surface area (Å²) in [5.74, 6) is 4.84. The minimum absolute atomic E-state index is 0.419. The van der Waals surface area contributed by atoms with Crippen LogP contribution in [0.3, 0.4) is 0 Å². The molecule has 8 fully saturated rings. The molecule has 8 bridgehead atoms. The van der Waals surface area contributed by atoms with Gasteiger partial charge in [-0.1, -0.05) is 297 Å². The fraction of sp³-hybridized carbons (Fsp3) is 0.174. The maximum absolute atomic E-state index is 2.92. The molecule has 114 heavy (non-hydrogen) atoms. The molecule has 2 heterocycles. The highest BCUT2D eigenvalue weighted by Gasteiger charge is 2.50. The third-order valence-electron chi connectivity index (χ3n) is 26.3. The van der Waals surface area contributed by atoms with Gasteiger partial charge in [-0.3, -0.25) is 0 Å². The topological polar surface area (TPSA) is 16.2 Å². The highest BCUT2D eigenvalue weighted by Crippen LogP contribution is 2.62. The second-order valence-electron chi connectivity index (χ2n) is 33.2. The molecule has 5 heteroatoms. The van der Waals surface area contributed by atoms with Crippen LogP contribution in [0.4, 0.5) is 73.9 Å². The third-order valence-corrected chi connectivity index (χ3v) is 26.3. The van der Waals surface area contributed by atoms with Crippen LogP contribution in [0.2, 0.25) is 0 Å². The molecule has 6 aliphatic carbocycles. The number of hydrogen-bond acceptors (Lipinski definition) is 5. The first kappa shape index (κ1) is 69.3. The Kier molecular flexibility index (Phi) is 18.3. The Labute approximate surface area is 672 Å². The average Bonchev–Trinajstić information content (AvgIpc) is 0.743. The zero-order valence-electron chi connectivity index (χ0n) is 64.5. The molecular formula is C109H93N5. The van der Waals surface area contributed by atoms with Gasteiger partial charge in [0.2, 0.25) is 0 Å². The van der Waals surface area contributed by atoms with Crippen LogP contribution in [0.1, 0.15) is 75.7 Å². The van der Waals surface area contributed by atoms with Gasteiger partial charge in [-0.05, 0) is 236 Å². The minimum Gasteiger partial charge on any atom is -0.365 e. The Bertz CT molecular complexity index is 5670. The van der Waals surface area contributed by atoms with Crippen LogP contribution in [-0.2, 0) is 0 Å². The summed E-state index contributed by atoms with van der Waals surface area (Å²) in [4.78, 5) is 13.4. The van der Waals surface area contributed by atoms with Gasteiger partial charge in [0.25, 0.3) is 0 Å². The summed E-state index contributed by atoms with van der Waals surface area (Å²) >= 11 is 0. The Morgan fingerprint density at radius 2 is 0.430 bits per heavy atom. The molecule has 2 saturated heterocycles. The van der Waals surface area contributed by atoms with Crippen LogP contribution in [0, 0.1) is 35.5 Å². The maximum Gasteiger partial charge on any atom is 0.0618 e. The summed E-state index contributed by atoms with van der Waals surface area (Å²) in [6.07, 6.45) is 12.9. The van der Waals surface area contributed by atoms with E-state index in [4.69, 9.17) is 0 Å². The largest absolute Gasteiger partial charge is 0.365 e.